The van der Waals surface area contributed by atoms with Crippen molar-refractivity contribution in [1.82, 2.24) is 0 Å². The van der Waals surface area contributed by atoms with E-state index in [2.05, 4.69) is 0 Å². The molecule has 0 radical (unpaired) electrons. The molecule has 1 aliphatic heterocycles. The molecule has 4 nitrogen and oxygen atoms in total. The van der Waals surface area contributed by atoms with Crippen LogP contribution >= 0.6 is 0 Å². The van der Waals surface area contributed by atoms with E-state index >= 15 is 0 Å². The normalized spacial score (nSPS) is 49.2. The van der Waals surface area contributed by atoms with E-state index in [0.29, 0.717) is 0 Å². The fraction of sp³-hybridized carbons (Fsp3) is 1.00. The predicted molar refractivity (Wildman–Crippen MR) is 38.3 cm³/mol. The number of alkyl halides is 1. The Morgan fingerprint density at radius 3 is 2.42 bits per heavy atom. The summed E-state index contributed by atoms with van der Waals surface area (Å²) >= 11 is 0. The van der Waals surface area contributed by atoms with Crippen molar-refractivity contribution in [3.63, 3.8) is 0 Å². The van der Waals surface area contributed by atoms with Crippen LogP contribution in [0.2, 0.25) is 0 Å². The molecule has 0 aromatic heterocycles. The van der Waals surface area contributed by atoms with E-state index in [1.807, 2.05) is 0 Å². The molecule has 1 aliphatic rings. The number of aliphatic hydroxyl groups excluding tert-OH is 3. The topological polar surface area (TPSA) is 69.9 Å². The molecule has 3 N–H and O–H groups in total. The van der Waals surface area contributed by atoms with Crippen molar-refractivity contribution in [2.24, 2.45) is 0 Å². The minimum Gasteiger partial charge on any atom is -0.394 e. The van der Waals surface area contributed by atoms with Crippen LogP contribution in [0.15, 0.2) is 0 Å². The van der Waals surface area contributed by atoms with Crippen LogP contribution in [0.5, 0.6) is 0 Å². The molecule has 0 saturated carbocycles. The van der Waals surface area contributed by atoms with E-state index in [1.165, 1.54) is 6.92 Å². The number of rotatable bonds is 1. The lowest BCUT2D eigenvalue weighted by Gasteiger charge is -2.37. The maximum atomic E-state index is 13.0. The van der Waals surface area contributed by atoms with Crippen LogP contribution in [0, 0.1) is 0 Å². The molecule has 0 spiro atoms. The molecule has 1 fully saturated rings. The van der Waals surface area contributed by atoms with Gasteiger partial charge in [-0.25, -0.2) is 4.39 Å². The zero-order chi connectivity index (χ0) is 9.30. The van der Waals surface area contributed by atoms with Crippen molar-refractivity contribution in [3.05, 3.63) is 0 Å². The Labute approximate surface area is 69.6 Å². The molecule has 5 unspecified atom stereocenters. The largest absolute Gasteiger partial charge is 0.394 e. The second-order valence-electron chi connectivity index (χ2n) is 2.99. The highest BCUT2D eigenvalue weighted by molar-refractivity contribution is 4.90. The van der Waals surface area contributed by atoms with E-state index in [-0.39, 0.29) is 0 Å². The van der Waals surface area contributed by atoms with Gasteiger partial charge in [-0.1, -0.05) is 0 Å². The Bertz CT molecular complexity index is 150. The second-order valence-corrected chi connectivity index (χ2v) is 2.99. The van der Waals surface area contributed by atoms with Crippen LogP contribution in [0.1, 0.15) is 6.92 Å². The molecule has 0 amide bonds. The highest BCUT2D eigenvalue weighted by Crippen LogP contribution is 2.22. The first-order valence-corrected chi connectivity index (χ1v) is 3.84. The predicted octanol–water partition coefficient (Wildman–Crippen LogP) is -1.17. The molecule has 0 bridgehead atoms. The van der Waals surface area contributed by atoms with Crippen LogP contribution < -0.4 is 0 Å². The molecule has 72 valence electrons. The van der Waals surface area contributed by atoms with Gasteiger partial charge in [0.05, 0.1) is 12.7 Å². The molecule has 0 aliphatic carbocycles. The van der Waals surface area contributed by atoms with E-state index in [1.54, 1.807) is 0 Å². The Morgan fingerprint density at radius 1 is 1.33 bits per heavy atom. The lowest BCUT2D eigenvalue weighted by atomic mass is 9.97. The summed E-state index contributed by atoms with van der Waals surface area (Å²) in [4.78, 5) is 0. The summed E-state index contributed by atoms with van der Waals surface area (Å²) in [6.07, 6.45) is -6.09. The Hall–Kier alpha value is -0.230. The van der Waals surface area contributed by atoms with Crippen molar-refractivity contribution in [2.45, 2.75) is 37.5 Å². The fourth-order valence-corrected chi connectivity index (χ4v) is 1.26. The maximum Gasteiger partial charge on any atom is 0.157 e. The number of ether oxygens (including phenoxy) is 1. The molecular formula is C7H13FO4. The maximum absolute atomic E-state index is 13.0. The summed E-state index contributed by atoms with van der Waals surface area (Å²) < 4.78 is 17.9. The minimum atomic E-state index is -1.72. The number of halogens is 1. The standard InChI is InChI=1S/C7H13FO4/c1-3-6(10)7(11)5(8)4(2-9)12-3/h3-7,9-11H,2H2,1H3. The summed E-state index contributed by atoms with van der Waals surface area (Å²) in [5, 5.41) is 26.9. The van der Waals surface area contributed by atoms with Crippen molar-refractivity contribution in [1.29, 1.82) is 0 Å². The zero-order valence-corrected chi connectivity index (χ0v) is 6.72. The lowest BCUT2D eigenvalue weighted by molar-refractivity contribution is -0.205. The van der Waals surface area contributed by atoms with Gasteiger partial charge in [0.2, 0.25) is 0 Å². The summed E-state index contributed by atoms with van der Waals surface area (Å²) in [7, 11) is 0. The molecule has 1 saturated heterocycles. The van der Waals surface area contributed by atoms with Gasteiger partial charge in [-0.2, -0.15) is 0 Å². The lowest BCUT2D eigenvalue weighted by Crippen LogP contribution is -2.55. The van der Waals surface area contributed by atoms with Gasteiger partial charge in [-0.15, -0.1) is 0 Å². The highest BCUT2D eigenvalue weighted by atomic mass is 19.1. The quantitative estimate of drug-likeness (QED) is 0.475. The van der Waals surface area contributed by atoms with Crippen molar-refractivity contribution < 1.29 is 24.4 Å². The molecule has 1 heterocycles. The summed E-state index contributed by atoms with van der Waals surface area (Å²) in [5.74, 6) is 0. The molecule has 1 rings (SSSR count). The van der Waals surface area contributed by atoms with Crippen LogP contribution in [0.3, 0.4) is 0 Å². The summed E-state index contributed by atoms with van der Waals surface area (Å²) in [6.45, 7) is 1.03. The minimum absolute atomic E-state index is 0.491. The van der Waals surface area contributed by atoms with Gasteiger partial charge in [-0.3, -0.25) is 0 Å². The molecule has 5 heteroatoms. The smallest absolute Gasteiger partial charge is 0.157 e. The van der Waals surface area contributed by atoms with Crippen LogP contribution in [-0.2, 0) is 4.74 Å². The summed E-state index contributed by atoms with van der Waals surface area (Å²) in [5.41, 5.74) is 0. The van der Waals surface area contributed by atoms with Crippen LogP contribution in [0.25, 0.3) is 0 Å². The third-order valence-electron chi connectivity index (χ3n) is 2.08. The molecule has 0 aromatic rings. The van der Waals surface area contributed by atoms with Gasteiger partial charge in [0.15, 0.2) is 6.17 Å². The van der Waals surface area contributed by atoms with E-state index in [9.17, 15) is 4.39 Å². The van der Waals surface area contributed by atoms with Crippen molar-refractivity contribution in [2.75, 3.05) is 6.61 Å². The Morgan fingerprint density at radius 2 is 1.92 bits per heavy atom. The second kappa shape index (κ2) is 3.66. The van der Waals surface area contributed by atoms with Gasteiger partial charge in [0, 0.05) is 0 Å². The third kappa shape index (κ3) is 1.59. The number of hydrogen-bond acceptors (Lipinski definition) is 4. The van der Waals surface area contributed by atoms with E-state index < -0.39 is 37.2 Å². The highest BCUT2D eigenvalue weighted by Gasteiger charge is 2.42. The first-order valence-electron chi connectivity index (χ1n) is 3.84. The van der Waals surface area contributed by atoms with Gasteiger partial charge in [0.25, 0.3) is 0 Å². The van der Waals surface area contributed by atoms with Crippen molar-refractivity contribution >= 4 is 0 Å². The molecule has 12 heavy (non-hydrogen) atoms. The number of hydrogen-bond donors (Lipinski definition) is 3. The first-order chi connectivity index (χ1) is 5.57. The summed E-state index contributed by atoms with van der Waals surface area (Å²) in [6, 6.07) is 0. The average Bonchev–Trinajstić information content (AvgIpc) is 2.08. The molecule has 5 atom stereocenters. The fourth-order valence-electron chi connectivity index (χ4n) is 1.26. The average molecular weight is 180 g/mol. The van der Waals surface area contributed by atoms with Gasteiger partial charge >= 0.3 is 0 Å². The van der Waals surface area contributed by atoms with Crippen molar-refractivity contribution in [3.8, 4) is 0 Å². The van der Waals surface area contributed by atoms with Crippen LogP contribution in [0.4, 0.5) is 4.39 Å². The van der Waals surface area contributed by atoms with Gasteiger partial charge in [-0.05, 0) is 6.92 Å². The first kappa shape index (κ1) is 9.85. The van der Waals surface area contributed by atoms with Gasteiger partial charge < -0.3 is 20.1 Å². The third-order valence-corrected chi connectivity index (χ3v) is 2.08. The molecular weight excluding hydrogens is 167 g/mol. The van der Waals surface area contributed by atoms with Gasteiger partial charge in [0.1, 0.15) is 18.3 Å². The molecule has 0 aromatic carbocycles. The monoisotopic (exact) mass is 180 g/mol. The SMILES string of the molecule is CC1OC(CO)C(F)C(O)C1O. The van der Waals surface area contributed by atoms with E-state index in [0.717, 1.165) is 0 Å². The Balaban J connectivity index is 2.63. The van der Waals surface area contributed by atoms with E-state index in [4.69, 9.17) is 20.1 Å². The Kier molecular flexibility index (Phi) is 3.00. The number of aliphatic hydroxyl groups is 3. The zero-order valence-electron chi connectivity index (χ0n) is 6.72. The van der Waals surface area contributed by atoms with Crippen LogP contribution in [-0.4, -0.2) is 52.5 Å².